The van der Waals surface area contributed by atoms with Crippen LogP contribution in [0.4, 0.5) is 11.4 Å². The zero-order valence-corrected chi connectivity index (χ0v) is 11.4. The Morgan fingerprint density at radius 1 is 1.58 bits per heavy atom. The van der Waals surface area contributed by atoms with Crippen molar-refractivity contribution >= 4 is 17.3 Å². The number of hydrogen-bond donors (Lipinski definition) is 1. The van der Waals surface area contributed by atoms with Crippen molar-refractivity contribution in [2.24, 2.45) is 0 Å². The number of hydrogen-bond acceptors (Lipinski definition) is 5. The Kier molecular flexibility index (Phi) is 4.27. The van der Waals surface area contributed by atoms with Crippen molar-refractivity contribution in [2.45, 2.75) is 20.0 Å². The highest BCUT2D eigenvalue weighted by Crippen LogP contribution is 2.30. The highest BCUT2D eigenvalue weighted by Gasteiger charge is 2.24. The first kappa shape index (κ1) is 13.7. The van der Waals surface area contributed by atoms with Gasteiger partial charge in [0.2, 0.25) is 0 Å². The van der Waals surface area contributed by atoms with Crippen LogP contribution in [0.2, 0.25) is 0 Å². The molecule has 1 heterocycles. The molecule has 1 unspecified atom stereocenters. The number of ether oxygens (including phenoxy) is 2. The van der Waals surface area contributed by atoms with Gasteiger partial charge in [-0.2, -0.15) is 0 Å². The van der Waals surface area contributed by atoms with Crippen LogP contribution in [0.3, 0.4) is 0 Å². The normalized spacial score (nSPS) is 19.3. The van der Waals surface area contributed by atoms with E-state index in [2.05, 4.69) is 4.90 Å². The molecule has 5 heteroatoms. The number of para-hydroxylation sites is 1. The van der Waals surface area contributed by atoms with E-state index in [1.165, 1.54) is 0 Å². The second-order valence-corrected chi connectivity index (χ2v) is 4.59. The highest BCUT2D eigenvalue weighted by molar-refractivity contribution is 5.99. The van der Waals surface area contributed by atoms with Crippen molar-refractivity contribution < 1.29 is 14.3 Å². The zero-order valence-electron chi connectivity index (χ0n) is 11.4. The highest BCUT2D eigenvalue weighted by atomic mass is 16.5. The van der Waals surface area contributed by atoms with Crippen molar-refractivity contribution in [2.75, 3.05) is 36.9 Å². The van der Waals surface area contributed by atoms with Gasteiger partial charge in [0.05, 0.1) is 36.3 Å². The van der Waals surface area contributed by atoms with Crippen molar-refractivity contribution in [3.8, 4) is 0 Å². The predicted molar refractivity (Wildman–Crippen MR) is 74.4 cm³/mol. The number of carbonyl (C=O) groups excluding carboxylic acids is 1. The van der Waals surface area contributed by atoms with Crippen molar-refractivity contribution in [1.82, 2.24) is 0 Å². The summed E-state index contributed by atoms with van der Waals surface area (Å²) in [6, 6.07) is 5.33. The fourth-order valence-electron chi connectivity index (χ4n) is 2.31. The second kappa shape index (κ2) is 5.93. The summed E-state index contributed by atoms with van der Waals surface area (Å²) in [6.07, 6.45) is 0.128. The second-order valence-electron chi connectivity index (χ2n) is 4.59. The molecule has 0 aromatic heterocycles. The van der Waals surface area contributed by atoms with Gasteiger partial charge in [-0.25, -0.2) is 4.79 Å². The topological polar surface area (TPSA) is 64.8 Å². The number of morpholine rings is 1. The van der Waals surface area contributed by atoms with Crippen LogP contribution in [0.25, 0.3) is 0 Å². The number of anilines is 2. The van der Waals surface area contributed by atoms with Crippen LogP contribution in [0.1, 0.15) is 24.2 Å². The lowest BCUT2D eigenvalue weighted by Gasteiger charge is -2.34. The van der Waals surface area contributed by atoms with Crippen molar-refractivity contribution in [1.29, 1.82) is 0 Å². The van der Waals surface area contributed by atoms with Gasteiger partial charge in [-0.3, -0.25) is 0 Å². The van der Waals surface area contributed by atoms with Crippen LogP contribution in [0.15, 0.2) is 18.2 Å². The standard InChI is InChI=1S/C14H20N2O3/c1-3-18-14(17)11-5-4-6-12(15)13(11)16-7-8-19-10(2)9-16/h4-6,10H,3,7-9,15H2,1-2H3. The van der Waals surface area contributed by atoms with Gasteiger partial charge in [0.25, 0.3) is 0 Å². The lowest BCUT2D eigenvalue weighted by molar-refractivity contribution is 0.0501. The minimum atomic E-state index is -0.330. The summed E-state index contributed by atoms with van der Waals surface area (Å²) in [5, 5.41) is 0. The molecule has 1 aromatic carbocycles. The van der Waals surface area contributed by atoms with E-state index in [9.17, 15) is 4.79 Å². The fraction of sp³-hybridized carbons (Fsp3) is 0.500. The van der Waals surface area contributed by atoms with E-state index in [0.717, 1.165) is 18.8 Å². The fourth-order valence-corrected chi connectivity index (χ4v) is 2.31. The molecular weight excluding hydrogens is 244 g/mol. The minimum absolute atomic E-state index is 0.128. The van der Waals surface area contributed by atoms with Gasteiger partial charge < -0.3 is 20.1 Å². The van der Waals surface area contributed by atoms with Gasteiger partial charge in [-0.15, -0.1) is 0 Å². The predicted octanol–water partition coefficient (Wildman–Crippen LogP) is 1.67. The summed E-state index contributed by atoms with van der Waals surface area (Å²) in [4.78, 5) is 14.1. The first-order valence-electron chi connectivity index (χ1n) is 6.55. The maximum atomic E-state index is 12.0. The van der Waals surface area contributed by atoms with Gasteiger partial charge in [-0.05, 0) is 26.0 Å². The summed E-state index contributed by atoms with van der Waals surface area (Å²) in [5.41, 5.74) is 7.92. The summed E-state index contributed by atoms with van der Waals surface area (Å²) in [7, 11) is 0. The van der Waals surface area contributed by atoms with Crippen LogP contribution in [-0.2, 0) is 9.47 Å². The molecule has 0 aliphatic carbocycles. The quantitative estimate of drug-likeness (QED) is 0.664. The van der Waals surface area contributed by atoms with Gasteiger partial charge >= 0.3 is 5.97 Å². The Balaban J connectivity index is 2.34. The lowest BCUT2D eigenvalue weighted by Crippen LogP contribution is -2.42. The summed E-state index contributed by atoms with van der Waals surface area (Å²) < 4.78 is 10.6. The van der Waals surface area contributed by atoms with Crippen LogP contribution >= 0.6 is 0 Å². The number of carbonyl (C=O) groups is 1. The Bertz CT molecular complexity index is 462. The molecule has 1 aromatic rings. The van der Waals surface area contributed by atoms with Gasteiger partial charge in [-0.1, -0.05) is 6.07 Å². The Morgan fingerprint density at radius 2 is 2.37 bits per heavy atom. The lowest BCUT2D eigenvalue weighted by atomic mass is 10.1. The van der Waals surface area contributed by atoms with Crippen LogP contribution in [0, 0.1) is 0 Å². The van der Waals surface area contributed by atoms with Gasteiger partial charge in [0, 0.05) is 13.1 Å². The first-order chi connectivity index (χ1) is 9.13. The molecule has 2 N–H and O–H groups in total. The Morgan fingerprint density at radius 3 is 3.05 bits per heavy atom. The van der Waals surface area contributed by atoms with Crippen LogP contribution in [0.5, 0.6) is 0 Å². The number of benzene rings is 1. The first-order valence-corrected chi connectivity index (χ1v) is 6.55. The van der Waals surface area contributed by atoms with E-state index in [4.69, 9.17) is 15.2 Å². The third-order valence-corrected chi connectivity index (χ3v) is 3.12. The Labute approximate surface area is 113 Å². The molecule has 1 aliphatic rings. The van der Waals surface area contributed by atoms with Crippen LogP contribution < -0.4 is 10.6 Å². The van der Waals surface area contributed by atoms with E-state index in [1.54, 1.807) is 25.1 Å². The maximum absolute atomic E-state index is 12.0. The smallest absolute Gasteiger partial charge is 0.340 e. The number of nitrogens with two attached hydrogens (primary N) is 1. The van der Waals surface area contributed by atoms with Crippen molar-refractivity contribution in [3.63, 3.8) is 0 Å². The molecule has 0 amide bonds. The SMILES string of the molecule is CCOC(=O)c1cccc(N)c1N1CCOC(C)C1. The van der Waals surface area contributed by atoms with E-state index < -0.39 is 0 Å². The molecule has 0 spiro atoms. The third-order valence-electron chi connectivity index (χ3n) is 3.12. The van der Waals surface area contributed by atoms with E-state index in [-0.39, 0.29) is 12.1 Å². The molecule has 1 fully saturated rings. The van der Waals surface area contributed by atoms with E-state index in [1.807, 2.05) is 6.92 Å². The number of esters is 1. The molecule has 1 atom stereocenters. The molecule has 2 rings (SSSR count). The molecular formula is C14H20N2O3. The molecule has 5 nitrogen and oxygen atoms in total. The third kappa shape index (κ3) is 2.98. The molecule has 0 radical (unpaired) electrons. The number of nitrogen functional groups attached to an aromatic ring is 1. The molecule has 1 aliphatic heterocycles. The average Bonchev–Trinajstić information content (AvgIpc) is 2.38. The van der Waals surface area contributed by atoms with Gasteiger partial charge in [0.1, 0.15) is 0 Å². The van der Waals surface area contributed by atoms with Gasteiger partial charge in [0.15, 0.2) is 0 Å². The molecule has 1 saturated heterocycles. The van der Waals surface area contributed by atoms with E-state index >= 15 is 0 Å². The summed E-state index contributed by atoms with van der Waals surface area (Å²) >= 11 is 0. The minimum Gasteiger partial charge on any atom is -0.462 e. The molecule has 0 saturated carbocycles. The summed E-state index contributed by atoms with van der Waals surface area (Å²) in [5.74, 6) is -0.330. The Hall–Kier alpha value is -1.75. The van der Waals surface area contributed by atoms with E-state index in [0.29, 0.717) is 24.5 Å². The maximum Gasteiger partial charge on any atom is 0.340 e. The average molecular weight is 264 g/mol. The molecule has 19 heavy (non-hydrogen) atoms. The molecule has 0 bridgehead atoms. The molecule has 104 valence electrons. The van der Waals surface area contributed by atoms with Crippen LogP contribution in [-0.4, -0.2) is 38.4 Å². The largest absolute Gasteiger partial charge is 0.462 e. The summed E-state index contributed by atoms with van der Waals surface area (Å²) in [6.45, 7) is 6.24. The van der Waals surface area contributed by atoms with Crippen molar-refractivity contribution in [3.05, 3.63) is 23.8 Å². The number of rotatable bonds is 3. The zero-order chi connectivity index (χ0) is 13.8. The number of nitrogens with zero attached hydrogens (tertiary/aromatic N) is 1. The monoisotopic (exact) mass is 264 g/mol.